The fourth-order valence-corrected chi connectivity index (χ4v) is 3.34. The van der Waals surface area contributed by atoms with Gasteiger partial charge in [-0.1, -0.05) is 0 Å². The summed E-state index contributed by atoms with van der Waals surface area (Å²) >= 11 is 0. The lowest BCUT2D eigenvalue weighted by molar-refractivity contribution is 0.0232. The predicted octanol–water partition coefficient (Wildman–Crippen LogP) is 1.20. The van der Waals surface area contributed by atoms with Crippen molar-refractivity contribution in [2.75, 3.05) is 17.7 Å². The minimum Gasteiger partial charge on any atom is -0.399 e. The first-order valence-corrected chi connectivity index (χ1v) is 8.13. The molecule has 0 aliphatic carbocycles. The van der Waals surface area contributed by atoms with Crippen LogP contribution in [-0.4, -0.2) is 27.2 Å². The molecule has 1 fully saturated rings. The number of primary sulfonamides is 1. The molecule has 1 saturated heterocycles. The second-order valence-corrected chi connectivity index (χ2v) is 6.81. The summed E-state index contributed by atoms with van der Waals surface area (Å²) in [4.78, 5) is 0.0695. The zero-order valence-corrected chi connectivity index (χ0v) is 12.5. The highest BCUT2D eigenvalue weighted by atomic mass is 32.2. The molecule has 2 rings (SSSR count). The molecule has 0 radical (unpaired) electrons. The van der Waals surface area contributed by atoms with Crippen LogP contribution >= 0.6 is 0 Å². The van der Waals surface area contributed by atoms with Crippen LogP contribution in [0.2, 0.25) is 0 Å². The maximum atomic E-state index is 11.6. The van der Waals surface area contributed by atoms with Crippen LogP contribution in [0.25, 0.3) is 0 Å². The summed E-state index contributed by atoms with van der Waals surface area (Å²) in [6, 6.07) is 3.37. The Labute approximate surface area is 119 Å². The highest BCUT2D eigenvalue weighted by Gasteiger charge is 2.21. The van der Waals surface area contributed by atoms with Gasteiger partial charge in [0.1, 0.15) is 0 Å². The van der Waals surface area contributed by atoms with Crippen LogP contribution < -0.4 is 16.2 Å². The third-order valence-corrected chi connectivity index (χ3v) is 4.57. The maximum Gasteiger partial charge on any atom is 0.238 e. The molecule has 1 aromatic rings. The number of nitrogens with two attached hydrogens (primary N) is 2. The van der Waals surface area contributed by atoms with Crippen molar-refractivity contribution < 1.29 is 13.2 Å². The van der Waals surface area contributed by atoms with Gasteiger partial charge in [0.25, 0.3) is 0 Å². The number of hydrogen-bond acceptors (Lipinski definition) is 5. The Kier molecular flexibility index (Phi) is 4.22. The zero-order valence-electron chi connectivity index (χ0n) is 11.7. The predicted molar refractivity (Wildman–Crippen MR) is 79.0 cm³/mol. The second kappa shape index (κ2) is 5.59. The highest BCUT2D eigenvalue weighted by Crippen LogP contribution is 2.28. The number of rotatable bonds is 3. The van der Waals surface area contributed by atoms with Crippen LogP contribution in [0.3, 0.4) is 0 Å². The van der Waals surface area contributed by atoms with E-state index in [9.17, 15) is 8.42 Å². The second-order valence-electron chi connectivity index (χ2n) is 5.28. The van der Waals surface area contributed by atoms with Crippen molar-refractivity contribution in [3.05, 3.63) is 17.7 Å². The van der Waals surface area contributed by atoms with Crippen molar-refractivity contribution in [2.45, 2.75) is 43.7 Å². The molecule has 7 heteroatoms. The van der Waals surface area contributed by atoms with Crippen LogP contribution in [0.1, 0.15) is 25.3 Å². The number of anilines is 2. The molecule has 1 heterocycles. The van der Waals surface area contributed by atoms with E-state index in [2.05, 4.69) is 5.32 Å². The van der Waals surface area contributed by atoms with Gasteiger partial charge >= 0.3 is 0 Å². The van der Waals surface area contributed by atoms with Gasteiger partial charge in [0.2, 0.25) is 10.0 Å². The van der Waals surface area contributed by atoms with Crippen LogP contribution in [0.5, 0.6) is 0 Å². The van der Waals surface area contributed by atoms with Crippen molar-refractivity contribution >= 4 is 21.4 Å². The molecular formula is C13H21N3O3S. The summed E-state index contributed by atoms with van der Waals surface area (Å²) in [6.45, 7) is 4.45. The topological polar surface area (TPSA) is 107 Å². The first-order chi connectivity index (χ1) is 9.27. The molecule has 20 heavy (non-hydrogen) atoms. The maximum absolute atomic E-state index is 11.6. The average molecular weight is 299 g/mol. The Morgan fingerprint density at radius 1 is 1.40 bits per heavy atom. The lowest BCUT2D eigenvalue weighted by atomic mass is 10.0. The van der Waals surface area contributed by atoms with Gasteiger partial charge in [0, 0.05) is 24.0 Å². The molecular weight excluding hydrogens is 278 g/mol. The molecule has 0 saturated carbocycles. The first kappa shape index (κ1) is 15.1. The van der Waals surface area contributed by atoms with Crippen LogP contribution in [0.4, 0.5) is 11.4 Å². The molecule has 1 aromatic carbocycles. The molecule has 2 unspecified atom stereocenters. The lowest BCUT2D eigenvalue weighted by Crippen LogP contribution is -2.32. The Morgan fingerprint density at radius 3 is 2.70 bits per heavy atom. The fraction of sp³-hybridized carbons (Fsp3) is 0.538. The third kappa shape index (κ3) is 3.41. The Balaban J connectivity index is 2.30. The minimum absolute atomic E-state index is 0.0695. The van der Waals surface area contributed by atoms with E-state index in [1.54, 1.807) is 13.0 Å². The normalized spacial score (nSPS) is 23.6. The van der Waals surface area contributed by atoms with E-state index in [-0.39, 0.29) is 17.0 Å². The van der Waals surface area contributed by atoms with Crippen molar-refractivity contribution in [2.24, 2.45) is 5.14 Å². The Hall–Kier alpha value is -1.31. The van der Waals surface area contributed by atoms with Gasteiger partial charge in [-0.2, -0.15) is 0 Å². The summed E-state index contributed by atoms with van der Waals surface area (Å²) in [5, 5.41) is 8.57. The molecule has 1 aliphatic heterocycles. The van der Waals surface area contributed by atoms with Crippen molar-refractivity contribution in [3.63, 3.8) is 0 Å². The Bertz CT molecular complexity index is 601. The number of hydrogen-bond donors (Lipinski definition) is 3. The van der Waals surface area contributed by atoms with Gasteiger partial charge in [0.05, 0.1) is 11.0 Å². The molecule has 5 N–H and O–H groups in total. The molecule has 1 aliphatic rings. The van der Waals surface area contributed by atoms with E-state index in [4.69, 9.17) is 15.6 Å². The number of nitrogens with one attached hydrogen (secondary N) is 1. The largest absolute Gasteiger partial charge is 0.399 e. The van der Waals surface area contributed by atoms with Gasteiger partial charge < -0.3 is 15.8 Å². The summed E-state index contributed by atoms with van der Waals surface area (Å²) in [6.07, 6.45) is 1.95. The van der Waals surface area contributed by atoms with Crippen LogP contribution in [-0.2, 0) is 14.8 Å². The standard InChI is InChI=1S/C13H21N3O3S/c1-8-5-11(3-4-19-8)16-12-6-10(14)7-13(9(12)2)20(15,17)18/h6-8,11,16H,3-5,14H2,1-2H3,(H2,15,17,18). The summed E-state index contributed by atoms with van der Waals surface area (Å²) < 4.78 is 28.7. The minimum atomic E-state index is -3.77. The van der Waals surface area contributed by atoms with Gasteiger partial charge in [0.15, 0.2) is 0 Å². The third-order valence-electron chi connectivity index (χ3n) is 3.53. The van der Waals surface area contributed by atoms with E-state index in [0.717, 1.165) is 12.8 Å². The van der Waals surface area contributed by atoms with Crippen LogP contribution in [0.15, 0.2) is 17.0 Å². The highest BCUT2D eigenvalue weighted by molar-refractivity contribution is 7.89. The molecule has 0 aromatic heterocycles. The first-order valence-electron chi connectivity index (χ1n) is 6.58. The quantitative estimate of drug-likeness (QED) is 0.727. The van der Waals surface area contributed by atoms with E-state index < -0.39 is 10.0 Å². The van der Waals surface area contributed by atoms with Gasteiger partial charge in [-0.05, 0) is 44.4 Å². The fourth-order valence-electron chi connectivity index (χ4n) is 2.50. The molecule has 0 bridgehead atoms. The van der Waals surface area contributed by atoms with E-state index in [1.165, 1.54) is 6.07 Å². The van der Waals surface area contributed by atoms with Gasteiger partial charge in [-0.15, -0.1) is 0 Å². The van der Waals surface area contributed by atoms with Crippen molar-refractivity contribution in [1.29, 1.82) is 0 Å². The van der Waals surface area contributed by atoms with Crippen LogP contribution in [0, 0.1) is 6.92 Å². The Morgan fingerprint density at radius 2 is 2.10 bits per heavy atom. The molecule has 6 nitrogen and oxygen atoms in total. The number of sulfonamides is 1. The van der Waals surface area contributed by atoms with E-state index >= 15 is 0 Å². The number of benzene rings is 1. The summed E-state index contributed by atoms with van der Waals surface area (Å²) in [7, 11) is -3.77. The smallest absolute Gasteiger partial charge is 0.238 e. The van der Waals surface area contributed by atoms with Gasteiger partial charge in [-0.25, -0.2) is 13.6 Å². The molecule has 0 amide bonds. The monoisotopic (exact) mass is 299 g/mol. The van der Waals surface area contributed by atoms with E-state index in [0.29, 0.717) is 23.5 Å². The zero-order chi connectivity index (χ0) is 14.9. The van der Waals surface area contributed by atoms with Crippen molar-refractivity contribution in [3.8, 4) is 0 Å². The average Bonchev–Trinajstić information content (AvgIpc) is 2.32. The molecule has 2 atom stereocenters. The summed E-state index contributed by atoms with van der Waals surface area (Å²) in [5.74, 6) is 0. The summed E-state index contributed by atoms with van der Waals surface area (Å²) in [5.41, 5.74) is 7.46. The number of nitrogen functional groups attached to an aromatic ring is 1. The number of ether oxygens (including phenoxy) is 1. The lowest BCUT2D eigenvalue weighted by Gasteiger charge is -2.29. The SMILES string of the molecule is Cc1c(NC2CCOC(C)C2)cc(N)cc1S(N)(=O)=O. The molecule has 112 valence electrons. The van der Waals surface area contributed by atoms with E-state index in [1.807, 2.05) is 6.92 Å². The van der Waals surface area contributed by atoms with Gasteiger partial charge in [-0.3, -0.25) is 0 Å². The molecule has 0 spiro atoms. The van der Waals surface area contributed by atoms with Crippen molar-refractivity contribution in [1.82, 2.24) is 0 Å².